The van der Waals surface area contributed by atoms with Crippen molar-refractivity contribution < 1.29 is 64.9 Å². The fourth-order valence-electron chi connectivity index (χ4n) is 5.44. The molecule has 45 heavy (non-hydrogen) atoms. The van der Waals surface area contributed by atoms with E-state index in [1.165, 1.54) is 0 Å². The summed E-state index contributed by atoms with van der Waals surface area (Å²) in [5.41, 5.74) is 24.5. The highest BCUT2D eigenvalue weighted by Crippen LogP contribution is 2.33. The molecule has 3 rings (SSSR count). The van der Waals surface area contributed by atoms with Crippen molar-refractivity contribution in [2.45, 2.75) is 117 Å². The molecule has 262 valence electrons. The van der Waals surface area contributed by atoms with Gasteiger partial charge in [-0.25, -0.2) is 0 Å². The maximum Gasteiger partial charge on any atom is 0.186 e. The fraction of sp³-hybridized carbons (Fsp3) is 0.920. The molecule has 19 N–H and O–H groups in total. The molecule has 16 atom stereocenters. The number of aliphatic hydroxyl groups is 9. The van der Waals surface area contributed by atoms with E-state index in [9.17, 15) is 35.7 Å². The molecule has 1 aliphatic carbocycles. The van der Waals surface area contributed by atoms with Crippen LogP contribution in [0.3, 0.4) is 0 Å². The Kier molecular flexibility index (Phi) is 14.2. The first-order valence-corrected chi connectivity index (χ1v) is 14.7. The summed E-state index contributed by atoms with van der Waals surface area (Å²) in [6.45, 7) is -1.86. The molecule has 0 aromatic heterocycles. The van der Waals surface area contributed by atoms with E-state index in [0.717, 1.165) is 0 Å². The molecular formula is C25H49N7O13. The topological polar surface area (TPSA) is 371 Å². The van der Waals surface area contributed by atoms with Gasteiger partial charge in [0, 0.05) is 12.6 Å². The summed E-state index contributed by atoms with van der Waals surface area (Å²) in [6, 6.07) is -4.11. The van der Waals surface area contributed by atoms with Gasteiger partial charge in [-0.1, -0.05) is 0 Å². The summed E-state index contributed by atoms with van der Waals surface area (Å²) in [4.78, 5) is 4.18. The highest BCUT2D eigenvalue weighted by molar-refractivity contribution is 5.85. The van der Waals surface area contributed by atoms with E-state index in [-0.39, 0.29) is 18.8 Å². The first-order chi connectivity index (χ1) is 21.2. The zero-order chi connectivity index (χ0) is 33.6. The minimum absolute atomic E-state index is 0.104. The lowest BCUT2D eigenvalue weighted by Crippen LogP contribution is -2.66. The van der Waals surface area contributed by atoms with Crippen LogP contribution in [0.1, 0.15) is 19.3 Å². The van der Waals surface area contributed by atoms with Crippen LogP contribution in [0.15, 0.2) is 4.99 Å². The first kappa shape index (κ1) is 37.8. The predicted octanol–water partition coefficient (Wildman–Crippen LogP) is -8.19. The van der Waals surface area contributed by atoms with E-state index in [0.29, 0.717) is 12.8 Å². The van der Waals surface area contributed by atoms with Crippen molar-refractivity contribution in [3.05, 3.63) is 0 Å². The quantitative estimate of drug-likeness (QED) is 0.0646. The number of hydrogen-bond acceptors (Lipinski definition) is 18. The van der Waals surface area contributed by atoms with E-state index in [4.69, 9.17) is 57.5 Å². The van der Waals surface area contributed by atoms with E-state index in [1.54, 1.807) is 0 Å². The Morgan fingerprint density at radius 3 is 2.20 bits per heavy atom. The highest BCUT2D eigenvalue weighted by atomic mass is 16.7. The molecule has 2 saturated heterocycles. The Hall–Kier alpha value is -1.70. The van der Waals surface area contributed by atoms with Crippen molar-refractivity contribution in [3.63, 3.8) is 0 Å². The van der Waals surface area contributed by atoms with Crippen LogP contribution in [0, 0.1) is 5.41 Å². The van der Waals surface area contributed by atoms with Gasteiger partial charge in [-0.15, -0.1) is 0 Å². The largest absolute Gasteiger partial charge is 0.394 e. The predicted molar refractivity (Wildman–Crippen MR) is 153 cm³/mol. The minimum Gasteiger partial charge on any atom is -0.394 e. The van der Waals surface area contributed by atoms with Crippen molar-refractivity contribution in [2.75, 3.05) is 26.4 Å². The summed E-state index contributed by atoms with van der Waals surface area (Å²) in [7, 11) is 0. The van der Waals surface area contributed by atoms with Gasteiger partial charge in [0.15, 0.2) is 12.6 Å². The molecule has 3 fully saturated rings. The third kappa shape index (κ3) is 9.22. The Morgan fingerprint density at radius 2 is 1.58 bits per heavy atom. The molecule has 2 heterocycles. The molecule has 0 amide bonds. The van der Waals surface area contributed by atoms with Crippen molar-refractivity contribution in [1.29, 1.82) is 5.41 Å². The van der Waals surface area contributed by atoms with Gasteiger partial charge in [-0.05, 0) is 19.3 Å². The Balaban J connectivity index is 1.86. The number of amidine groups is 2. The Labute approximate surface area is 259 Å². The molecular weight excluding hydrogens is 606 g/mol. The van der Waals surface area contributed by atoms with Crippen LogP contribution in [0.5, 0.6) is 0 Å². The molecule has 0 aromatic rings. The second kappa shape index (κ2) is 16.9. The molecule has 1 saturated carbocycles. The highest BCUT2D eigenvalue weighted by Gasteiger charge is 2.51. The van der Waals surface area contributed by atoms with Crippen LogP contribution in [0.25, 0.3) is 0 Å². The average Bonchev–Trinajstić information content (AvgIpc) is 3.03. The SMILES string of the molecule is N=C(CO)NC[C@@H]1CCC(N)[C@@H](OC2C(O)C(O[C@H]3OC(CO)C(O)[C@H](N)C3O)[C@H](N=C(N)C(O)C(O)C(O)CO)C[C@@H]2N)O1. The number of rotatable bonds is 13. The molecule has 0 aromatic carbocycles. The summed E-state index contributed by atoms with van der Waals surface area (Å²) < 4.78 is 23.5. The molecule has 20 nitrogen and oxygen atoms in total. The summed E-state index contributed by atoms with van der Waals surface area (Å²) in [5, 5.41) is 101. The number of aliphatic imine (C=N–C) groups is 1. The van der Waals surface area contributed by atoms with Gasteiger partial charge >= 0.3 is 0 Å². The van der Waals surface area contributed by atoms with E-state index < -0.39 is 123 Å². The van der Waals surface area contributed by atoms with Crippen molar-refractivity contribution in [2.24, 2.45) is 27.9 Å². The molecule has 10 unspecified atom stereocenters. The first-order valence-electron chi connectivity index (χ1n) is 14.7. The lowest BCUT2D eigenvalue weighted by Gasteiger charge is -2.47. The third-order valence-corrected chi connectivity index (χ3v) is 8.23. The fourth-order valence-corrected chi connectivity index (χ4v) is 5.44. The lowest BCUT2D eigenvalue weighted by atomic mass is 9.83. The third-order valence-electron chi connectivity index (χ3n) is 8.23. The van der Waals surface area contributed by atoms with Gasteiger partial charge in [0.25, 0.3) is 0 Å². The van der Waals surface area contributed by atoms with Crippen LogP contribution in [0.4, 0.5) is 0 Å². The van der Waals surface area contributed by atoms with Gasteiger partial charge < -0.3 is 93.2 Å². The molecule has 3 aliphatic rings. The minimum atomic E-state index is -1.94. The van der Waals surface area contributed by atoms with Crippen molar-refractivity contribution in [3.8, 4) is 0 Å². The van der Waals surface area contributed by atoms with Gasteiger partial charge in [0.05, 0.1) is 37.4 Å². The lowest BCUT2D eigenvalue weighted by molar-refractivity contribution is -0.312. The van der Waals surface area contributed by atoms with E-state index in [2.05, 4.69) is 10.3 Å². The van der Waals surface area contributed by atoms with Crippen LogP contribution >= 0.6 is 0 Å². The van der Waals surface area contributed by atoms with Crippen LogP contribution in [-0.4, -0.2) is 182 Å². The molecule has 0 bridgehead atoms. The second-order valence-electron chi connectivity index (χ2n) is 11.6. The van der Waals surface area contributed by atoms with Crippen LogP contribution < -0.4 is 28.3 Å². The number of nitrogens with zero attached hydrogens (tertiary/aromatic N) is 1. The van der Waals surface area contributed by atoms with E-state index in [1.807, 2.05) is 0 Å². The van der Waals surface area contributed by atoms with Crippen LogP contribution in [-0.2, 0) is 18.9 Å². The van der Waals surface area contributed by atoms with Crippen LogP contribution in [0.2, 0.25) is 0 Å². The van der Waals surface area contributed by atoms with Crippen molar-refractivity contribution in [1.82, 2.24) is 5.32 Å². The Bertz CT molecular complexity index is 970. The van der Waals surface area contributed by atoms with Gasteiger partial charge in [-0.2, -0.15) is 0 Å². The molecule has 20 heteroatoms. The second-order valence-corrected chi connectivity index (χ2v) is 11.6. The summed E-state index contributed by atoms with van der Waals surface area (Å²) in [5.74, 6) is -0.702. The molecule has 0 spiro atoms. The standard InChI is InChI=1S/C25H49N7O13/c26-9-2-1-8(4-31-14(28)7-35)42-24(9)44-21-10(27)3-11(32-23(30)19(40)16(37)12(36)5-33)22(20(21)41)45-25-18(39)15(29)17(38)13(6-34)43-25/h8-13,15-22,24-25,33-41H,1-7,26-27,29H2,(H2,28,31)(H2,30,32)/t8-,9?,10-,11+,12?,13?,15-,16?,17?,18?,19?,20?,21?,22?,24+,25+/m0/s1. The van der Waals surface area contributed by atoms with E-state index >= 15 is 0 Å². The number of hydrogen-bond donors (Lipinski definition) is 15. The smallest absolute Gasteiger partial charge is 0.186 e. The summed E-state index contributed by atoms with van der Waals surface area (Å²) in [6.07, 6.45) is -16.6. The number of nitrogens with one attached hydrogen (secondary N) is 2. The summed E-state index contributed by atoms with van der Waals surface area (Å²) >= 11 is 0. The zero-order valence-electron chi connectivity index (χ0n) is 24.6. The maximum atomic E-state index is 11.5. The van der Waals surface area contributed by atoms with Crippen molar-refractivity contribution >= 4 is 11.7 Å². The number of nitrogens with two attached hydrogens (primary N) is 4. The average molecular weight is 656 g/mol. The van der Waals surface area contributed by atoms with Gasteiger partial charge in [0.1, 0.15) is 73.2 Å². The normalized spacial score (nSPS) is 41.7. The Morgan fingerprint density at radius 1 is 0.911 bits per heavy atom. The zero-order valence-corrected chi connectivity index (χ0v) is 24.6. The maximum absolute atomic E-state index is 11.5. The molecule has 0 radical (unpaired) electrons. The van der Waals surface area contributed by atoms with Gasteiger partial charge in [0.2, 0.25) is 0 Å². The van der Waals surface area contributed by atoms with Gasteiger partial charge in [-0.3, -0.25) is 10.4 Å². The number of aliphatic hydroxyl groups excluding tert-OH is 9. The monoisotopic (exact) mass is 655 g/mol. The number of ether oxygens (including phenoxy) is 4. The molecule has 2 aliphatic heterocycles.